The van der Waals surface area contributed by atoms with Crippen molar-refractivity contribution in [3.63, 3.8) is 0 Å². The van der Waals surface area contributed by atoms with Crippen molar-refractivity contribution in [1.29, 1.82) is 0 Å². The molecule has 1 aromatic heterocycles. The molecular formula is C11H12ClFN4. The van der Waals surface area contributed by atoms with Gasteiger partial charge in [0.05, 0.1) is 6.54 Å². The number of hydrogen-bond donors (Lipinski definition) is 1. The van der Waals surface area contributed by atoms with Gasteiger partial charge in [0, 0.05) is 18.6 Å². The Balaban J connectivity index is 1.92. The van der Waals surface area contributed by atoms with E-state index in [0.29, 0.717) is 18.1 Å². The molecule has 0 amide bonds. The van der Waals surface area contributed by atoms with Gasteiger partial charge in [0.25, 0.3) is 0 Å². The van der Waals surface area contributed by atoms with Crippen LogP contribution in [0.4, 0.5) is 4.39 Å². The summed E-state index contributed by atoms with van der Waals surface area (Å²) in [6, 6.07) is 4.47. The fourth-order valence-corrected chi connectivity index (χ4v) is 1.74. The minimum absolute atomic E-state index is 0.326. The highest BCUT2D eigenvalue weighted by Crippen LogP contribution is 2.13. The molecule has 1 heterocycles. The maximum Gasteiger partial charge on any atom is 0.146 e. The van der Waals surface area contributed by atoms with E-state index in [4.69, 9.17) is 11.6 Å². The smallest absolute Gasteiger partial charge is 0.146 e. The van der Waals surface area contributed by atoms with E-state index in [1.165, 1.54) is 12.1 Å². The van der Waals surface area contributed by atoms with Crippen LogP contribution in [0.25, 0.3) is 0 Å². The van der Waals surface area contributed by atoms with E-state index < -0.39 is 0 Å². The number of nitrogens with zero attached hydrogens (tertiary/aromatic N) is 3. The quantitative estimate of drug-likeness (QED) is 0.906. The molecule has 0 aliphatic heterocycles. The van der Waals surface area contributed by atoms with Gasteiger partial charge < -0.3 is 9.88 Å². The standard InChI is InChI=1S/C11H12ClFN4/c1-17-7-15-16-11(17)6-14-5-8-2-9(12)4-10(13)3-8/h2-4,7,14H,5-6H2,1H3. The van der Waals surface area contributed by atoms with Crippen LogP contribution in [0, 0.1) is 5.82 Å². The molecule has 0 fully saturated rings. The van der Waals surface area contributed by atoms with E-state index in [1.807, 2.05) is 11.6 Å². The molecule has 2 rings (SSSR count). The van der Waals surface area contributed by atoms with Crippen molar-refractivity contribution in [1.82, 2.24) is 20.1 Å². The van der Waals surface area contributed by atoms with Gasteiger partial charge in [-0.1, -0.05) is 11.6 Å². The summed E-state index contributed by atoms with van der Waals surface area (Å²) in [6.07, 6.45) is 1.63. The van der Waals surface area contributed by atoms with Gasteiger partial charge in [-0.05, 0) is 23.8 Å². The first-order chi connectivity index (χ1) is 8.15. The van der Waals surface area contributed by atoms with Gasteiger partial charge in [-0.3, -0.25) is 0 Å². The molecular weight excluding hydrogens is 243 g/mol. The van der Waals surface area contributed by atoms with Crippen molar-refractivity contribution in [2.24, 2.45) is 7.05 Å². The first kappa shape index (κ1) is 12.0. The number of hydrogen-bond acceptors (Lipinski definition) is 3. The third-order valence-corrected chi connectivity index (χ3v) is 2.56. The minimum atomic E-state index is -0.326. The second-order valence-corrected chi connectivity index (χ2v) is 4.18. The maximum atomic E-state index is 13.1. The third-order valence-electron chi connectivity index (χ3n) is 2.34. The van der Waals surface area contributed by atoms with Gasteiger partial charge in [0.1, 0.15) is 18.0 Å². The van der Waals surface area contributed by atoms with Crippen LogP contribution in [0.2, 0.25) is 5.02 Å². The molecule has 0 aliphatic rings. The summed E-state index contributed by atoms with van der Waals surface area (Å²) < 4.78 is 14.9. The van der Waals surface area contributed by atoms with Crippen molar-refractivity contribution >= 4 is 11.6 Å². The predicted octanol–water partition coefficient (Wildman–Crippen LogP) is 1.90. The van der Waals surface area contributed by atoms with Crippen molar-refractivity contribution in [2.45, 2.75) is 13.1 Å². The molecule has 6 heteroatoms. The van der Waals surface area contributed by atoms with Gasteiger partial charge in [0.15, 0.2) is 0 Å². The molecule has 1 N–H and O–H groups in total. The fourth-order valence-electron chi connectivity index (χ4n) is 1.50. The van der Waals surface area contributed by atoms with Crippen LogP contribution in [-0.4, -0.2) is 14.8 Å². The molecule has 0 saturated heterocycles. The van der Waals surface area contributed by atoms with Crippen LogP contribution < -0.4 is 5.32 Å². The largest absolute Gasteiger partial charge is 0.320 e. The van der Waals surface area contributed by atoms with E-state index in [1.54, 1.807) is 12.4 Å². The zero-order chi connectivity index (χ0) is 12.3. The Morgan fingerprint density at radius 3 is 2.82 bits per heavy atom. The topological polar surface area (TPSA) is 42.7 Å². The van der Waals surface area contributed by atoms with Gasteiger partial charge in [-0.2, -0.15) is 0 Å². The third kappa shape index (κ3) is 3.25. The molecule has 0 saturated carbocycles. The molecule has 0 unspecified atom stereocenters. The highest BCUT2D eigenvalue weighted by Gasteiger charge is 2.02. The number of nitrogens with one attached hydrogen (secondary N) is 1. The second kappa shape index (κ2) is 5.25. The summed E-state index contributed by atoms with van der Waals surface area (Å²) in [5.74, 6) is 0.500. The number of benzene rings is 1. The number of rotatable bonds is 4. The van der Waals surface area contributed by atoms with Crippen molar-refractivity contribution in [3.8, 4) is 0 Å². The summed E-state index contributed by atoms with van der Waals surface area (Å²) in [6.45, 7) is 1.11. The molecule has 17 heavy (non-hydrogen) atoms. The van der Waals surface area contributed by atoms with Gasteiger partial charge in [-0.25, -0.2) is 4.39 Å². The Hall–Kier alpha value is -1.46. The molecule has 0 spiro atoms. The zero-order valence-corrected chi connectivity index (χ0v) is 10.1. The summed E-state index contributed by atoms with van der Waals surface area (Å²) in [5, 5.41) is 11.3. The minimum Gasteiger partial charge on any atom is -0.320 e. The van der Waals surface area contributed by atoms with E-state index in [2.05, 4.69) is 15.5 Å². The monoisotopic (exact) mass is 254 g/mol. The van der Waals surface area contributed by atoms with Crippen LogP contribution in [0.1, 0.15) is 11.4 Å². The molecule has 2 aromatic rings. The van der Waals surface area contributed by atoms with Gasteiger partial charge in [-0.15, -0.1) is 10.2 Å². The van der Waals surface area contributed by atoms with E-state index in [0.717, 1.165) is 11.4 Å². The first-order valence-corrected chi connectivity index (χ1v) is 5.51. The average molecular weight is 255 g/mol. The first-order valence-electron chi connectivity index (χ1n) is 5.14. The van der Waals surface area contributed by atoms with Crippen molar-refractivity contribution < 1.29 is 4.39 Å². The van der Waals surface area contributed by atoms with Crippen LogP contribution in [0.15, 0.2) is 24.5 Å². The van der Waals surface area contributed by atoms with Gasteiger partial charge >= 0.3 is 0 Å². The van der Waals surface area contributed by atoms with Crippen LogP contribution >= 0.6 is 11.6 Å². The van der Waals surface area contributed by atoms with Crippen LogP contribution in [-0.2, 0) is 20.1 Å². The second-order valence-electron chi connectivity index (χ2n) is 3.74. The molecule has 0 aliphatic carbocycles. The predicted molar refractivity (Wildman–Crippen MR) is 63.0 cm³/mol. The van der Waals surface area contributed by atoms with Crippen LogP contribution in [0.5, 0.6) is 0 Å². The van der Waals surface area contributed by atoms with Gasteiger partial charge in [0.2, 0.25) is 0 Å². The lowest BCUT2D eigenvalue weighted by molar-refractivity contribution is 0.612. The molecule has 0 atom stereocenters. The lowest BCUT2D eigenvalue weighted by Gasteiger charge is -2.05. The molecule has 90 valence electrons. The number of halogens is 2. The highest BCUT2D eigenvalue weighted by molar-refractivity contribution is 6.30. The fraction of sp³-hybridized carbons (Fsp3) is 0.273. The highest BCUT2D eigenvalue weighted by atomic mass is 35.5. The Morgan fingerprint density at radius 2 is 2.18 bits per heavy atom. The van der Waals surface area contributed by atoms with Crippen LogP contribution in [0.3, 0.4) is 0 Å². The average Bonchev–Trinajstić information content (AvgIpc) is 2.63. The SMILES string of the molecule is Cn1cnnc1CNCc1cc(F)cc(Cl)c1. The molecule has 0 radical (unpaired) electrons. The Kier molecular flexibility index (Phi) is 3.71. The summed E-state index contributed by atoms with van der Waals surface area (Å²) in [5.41, 5.74) is 0.803. The summed E-state index contributed by atoms with van der Waals surface area (Å²) in [7, 11) is 1.87. The lowest BCUT2D eigenvalue weighted by Crippen LogP contribution is -2.15. The van der Waals surface area contributed by atoms with Crippen molar-refractivity contribution in [3.05, 3.63) is 46.8 Å². The Morgan fingerprint density at radius 1 is 1.35 bits per heavy atom. The molecule has 4 nitrogen and oxygen atoms in total. The Labute approximate surface area is 103 Å². The molecule has 0 bridgehead atoms. The lowest BCUT2D eigenvalue weighted by atomic mass is 10.2. The maximum absolute atomic E-state index is 13.1. The normalized spacial score (nSPS) is 10.8. The number of aryl methyl sites for hydroxylation is 1. The van der Waals surface area contributed by atoms with Crippen molar-refractivity contribution in [2.75, 3.05) is 0 Å². The van der Waals surface area contributed by atoms with E-state index in [9.17, 15) is 4.39 Å². The summed E-state index contributed by atoms with van der Waals surface area (Å²) >= 11 is 5.76. The number of aromatic nitrogens is 3. The Bertz CT molecular complexity index is 492. The summed E-state index contributed by atoms with van der Waals surface area (Å²) in [4.78, 5) is 0. The zero-order valence-electron chi connectivity index (χ0n) is 9.32. The van der Waals surface area contributed by atoms with E-state index in [-0.39, 0.29) is 5.82 Å². The van der Waals surface area contributed by atoms with E-state index >= 15 is 0 Å². The molecule has 1 aromatic carbocycles.